The van der Waals surface area contributed by atoms with E-state index in [0.29, 0.717) is 5.75 Å². The fourth-order valence-electron chi connectivity index (χ4n) is 1.73. The molecule has 0 fully saturated rings. The Balaban J connectivity index is 2.57. The second-order valence-corrected chi connectivity index (χ2v) is 5.58. The zero-order valence-electron chi connectivity index (χ0n) is 10.9. The fraction of sp³-hybridized carbons (Fsp3) is 0.500. The first-order valence-corrected chi connectivity index (χ1v) is 5.79. The van der Waals surface area contributed by atoms with Gasteiger partial charge in [-0.25, -0.2) is 0 Å². The first-order chi connectivity index (χ1) is 7.78. The maximum atomic E-state index is 11.8. The minimum Gasteiger partial charge on any atom is -0.508 e. The topological polar surface area (TPSA) is 46.5 Å². The van der Waals surface area contributed by atoms with E-state index in [9.17, 15) is 4.79 Å². The van der Waals surface area contributed by atoms with Crippen LogP contribution >= 0.6 is 0 Å². The molecule has 0 aromatic heterocycles. The molecule has 1 atom stereocenters. The summed E-state index contributed by atoms with van der Waals surface area (Å²) in [6.45, 7) is 8.15. The van der Waals surface area contributed by atoms with E-state index >= 15 is 0 Å². The van der Waals surface area contributed by atoms with Crippen molar-refractivity contribution in [2.45, 2.75) is 34.1 Å². The summed E-state index contributed by atoms with van der Waals surface area (Å²) in [6.07, 6.45) is 0.782. The van der Waals surface area contributed by atoms with Crippen LogP contribution in [0.15, 0.2) is 24.3 Å². The molecule has 0 aliphatic rings. The van der Waals surface area contributed by atoms with Gasteiger partial charge >= 0.3 is 5.97 Å². The lowest BCUT2D eigenvalue weighted by Gasteiger charge is -2.21. The SMILES string of the molecule is CC(CC(C)(C)C)C(=O)Oc1ccc(O)cc1. The summed E-state index contributed by atoms with van der Waals surface area (Å²) in [5, 5.41) is 9.11. The molecule has 3 nitrogen and oxygen atoms in total. The molecule has 0 saturated carbocycles. The van der Waals surface area contributed by atoms with Gasteiger partial charge in [0.05, 0.1) is 5.92 Å². The molecule has 0 radical (unpaired) electrons. The molecule has 3 heteroatoms. The molecule has 1 aromatic rings. The number of hydrogen-bond donors (Lipinski definition) is 1. The number of phenolic OH excluding ortho intramolecular Hbond substituents is 1. The number of ether oxygens (including phenoxy) is 1. The molecule has 0 heterocycles. The first-order valence-electron chi connectivity index (χ1n) is 5.79. The van der Waals surface area contributed by atoms with E-state index in [-0.39, 0.29) is 23.1 Å². The van der Waals surface area contributed by atoms with E-state index < -0.39 is 0 Å². The third-order valence-corrected chi connectivity index (χ3v) is 2.38. The van der Waals surface area contributed by atoms with Gasteiger partial charge in [-0.15, -0.1) is 0 Å². The van der Waals surface area contributed by atoms with Gasteiger partial charge in [0.2, 0.25) is 0 Å². The van der Waals surface area contributed by atoms with E-state index in [1.807, 2.05) is 6.92 Å². The lowest BCUT2D eigenvalue weighted by Crippen LogP contribution is -2.22. The second kappa shape index (κ2) is 5.21. The highest BCUT2D eigenvalue weighted by atomic mass is 16.5. The number of aromatic hydroxyl groups is 1. The van der Waals surface area contributed by atoms with Crippen LogP contribution in [0.3, 0.4) is 0 Å². The van der Waals surface area contributed by atoms with Crippen molar-refractivity contribution in [2.75, 3.05) is 0 Å². The molecule has 94 valence electrons. The smallest absolute Gasteiger partial charge is 0.314 e. The van der Waals surface area contributed by atoms with Crippen LogP contribution in [0, 0.1) is 11.3 Å². The Bertz CT molecular complexity index is 373. The summed E-state index contributed by atoms with van der Waals surface area (Å²) >= 11 is 0. The number of rotatable bonds is 3. The summed E-state index contributed by atoms with van der Waals surface area (Å²) in [6, 6.07) is 6.15. The molecule has 0 saturated heterocycles. The normalized spacial score (nSPS) is 13.2. The molecule has 1 aromatic carbocycles. The van der Waals surface area contributed by atoms with Gasteiger partial charge in [-0.1, -0.05) is 27.7 Å². The Labute approximate surface area is 102 Å². The van der Waals surface area contributed by atoms with Crippen molar-refractivity contribution >= 4 is 5.97 Å². The highest BCUT2D eigenvalue weighted by molar-refractivity contribution is 5.74. The van der Waals surface area contributed by atoms with Crippen molar-refractivity contribution in [3.05, 3.63) is 24.3 Å². The molecule has 0 amide bonds. The maximum absolute atomic E-state index is 11.8. The summed E-state index contributed by atoms with van der Waals surface area (Å²) < 4.78 is 5.23. The molecule has 1 N–H and O–H groups in total. The van der Waals surface area contributed by atoms with Crippen LogP contribution in [0.2, 0.25) is 0 Å². The van der Waals surface area contributed by atoms with Gasteiger partial charge in [0.1, 0.15) is 11.5 Å². The number of benzene rings is 1. The summed E-state index contributed by atoms with van der Waals surface area (Å²) in [5.74, 6) is 0.260. The van der Waals surface area contributed by atoms with Crippen LogP contribution in [0.25, 0.3) is 0 Å². The number of carbonyl (C=O) groups is 1. The van der Waals surface area contributed by atoms with Crippen LogP contribution in [0.4, 0.5) is 0 Å². The van der Waals surface area contributed by atoms with Gasteiger partial charge in [0.25, 0.3) is 0 Å². The van der Waals surface area contributed by atoms with Crippen LogP contribution in [0.1, 0.15) is 34.1 Å². The highest BCUT2D eigenvalue weighted by Gasteiger charge is 2.22. The predicted octanol–water partition coefficient (Wildman–Crippen LogP) is 3.37. The van der Waals surface area contributed by atoms with E-state index in [0.717, 1.165) is 6.42 Å². The molecule has 1 rings (SSSR count). The van der Waals surface area contributed by atoms with Gasteiger partial charge in [-0.2, -0.15) is 0 Å². The minimum absolute atomic E-state index is 0.105. The average molecular weight is 236 g/mol. The van der Waals surface area contributed by atoms with E-state index in [2.05, 4.69) is 20.8 Å². The largest absolute Gasteiger partial charge is 0.508 e. The quantitative estimate of drug-likeness (QED) is 0.646. The Morgan fingerprint density at radius 2 is 1.82 bits per heavy atom. The Hall–Kier alpha value is -1.51. The van der Waals surface area contributed by atoms with Crippen LogP contribution in [0.5, 0.6) is 11.5 Å². The van der Waals surface area contributed by atoms with E-state index in [1.165, 1.54) is 12.1 Å². The average Bonchev–Trinajstić information content (AvgIpc) is 2.19. The van der Waals surface area contributed by atoms with Crippen molar-refractivity contribution in [3.63, 3.8) is 0 Å². The zero-order chi connectivity index (χ0) is 13.1. The molecule has 0 aliphatic heterocycles. The van der Waals surface area contributed by atoms with Crippen molar-refractivity contribution in [2.24, 2.45) is 11.3 Å². The van der Waals surface area contributed by atoms with Gasteiger partial charge in [-0.3, -0.25) is 4.79 Å². The molecular formula is C14H20O3. The van der Waals surface area contributed by atoms with Gasteiger partial charge in [0, 0.05) is 0 Å². The second-order valence-electron chi connectivity index (χ2n) is 5.58. The van der Waals surface area contributed by atoms with Gasteiger partial charge < -0.3 is 9.84 Å². The van der Waals surface area contributed by atoms with Gasteiger partial charge in [-0.05, 0) is 36.1 Å². The lowest BCUT2D eigenvalue weighted by atomic mass is 9.85. The molecule has 1 unspecified atom stereocenters. The highest BCUT2D eigenvalue weighted by Crippen LogP contribution is 2.25. The third kappa shape index (κ3) is 4.89. The van der Waals surface area contributed by atoms with Crippen molar-refractivity contribution in [1.82, 2.24) is 0 Å². The fourth-order valence-corrected chi connectivity index (χ4v) is 1.73. The number of phenols is 1. The molecule has 17 heavy (non-hydrogen) atoms. The first kappa shape index (κ1) is 13.6. The Morgan fingerprint density at radius 1 is 1.29 bits per heavy atom. The van der Waals surface area contributed by atoms with Crippen molar-refractivity contribution in [1.29, 1.82) is 0 Å². The molecule has 0 bridgehead atoms. The maximum Gasteiger partial charge on any atom is 0.314 e. The third-order valence-electron chi connectivity index (χ3n) is 2.38. The number of hydrogen-bond acceptors (Lipinski definition) is 3. The zero-order valence-corrected chi connectivity index (χ0v) is 10.9. The van der Waals surface area contributed by atoms with Crippen LogP contribution < -0.4 is 4.74 Å². The van der Waals surface area contributed by atoms with Crippen molar-refractivity contribution < 1.29 is 14.6 Å². The summed E-state index contributed by atoms with van der Waals surface area (Å²) in [5.41, 5.74) is 0.105. The monoisotopic (exact) mass is 236 g/mol. The molecule has 0 spiro atoms. The number of esters is 1. The molecular weight excluding hydrogens is 216 g/mol. The summed E-state index contributed by atoms with van der Waals surface area (Å²) in [4.78, 5) is 11.8. The standard InChI is InChI=1S/C14H20O3/c1-10(9-14(2,3)4)13(16)17-12-7-5-11(15)6-8-12/h5-8,10,15H,9H2,1-4H3. The number of carbonyl (C=O) groups excluding carboxylic acids is 1. The lowest BCUT2D eigenvalue weighted by molar-refractivity contribution is -0.139. The Morgan fingerprint density at radius 3 is 2.29 bits per heavy atom. The van der Waals surface area contributed by atoms with E-state index in [4.69, 9.17) is 9.84 Å². The van der Waals surface area contributed by atoms with Crippen LogP contribution in [-0.4, -0.2) is 11.1 Å². The minimum atomic E-state index is -0.231. The van der Waals surface area contributed by atoms with Crippen molar-refractivity contribution in [3.8, 4) is 11.5 Å². The van der Waals surface area contributed by atoms with Crippen LogP contribution in [-0.2, 0) is 4.79 Å². The van der Waals surface area contributed by atoms with Gasteiger partial charge in [0.15, 0.2) is 0 Å². The molecule has 0 aliphatic carbocycles. The predicted molar refractivity (Wildman–Crippen MR) is 67.0 cm³/mol. The van der Waals surface area contributed by atoms with E-state index in [1.54, 1.807) is 12.1 Å². The Kier molecular flexibility index (Phi) is 4.16. The summed E-state index contributed by atoms with van der Waals surface area (Å²) in [7, 11) is 0.